The van der Waals surface area contributed by atoms with Crippen LogP contribution in [0.15, 0.2) is 77.7 Å². The number of hydrogen-bond donors (Lipinski definition) is 0. The summed E-state index contributed by atoms with van der Waals surface area (Å²) in [5.74, 6) is 0.780. The van der Waals surface area contributed by atoms with Crippen LogP contribution in [-0.2, 0) is 21.4 Å². The number of piperazine rings is 1. The first kappa shape index (κ1) is 25.7. The van der Waals surface area contributed by atoms with E-state index in [4.69, 9.17) is 21.1 Å². The van der Waals surface area contributed by atoms with Gasteiger partial charge in [-0.15, -0.1) is 0 Å². The number of rotatable bonds is 9. The lowest BCUT2D eigenvalue weighted by Gasteiger charge is -2.36. The molecule has 0 saturated carbocycles. The summed E-state index contributed by atoms with van der Waals surface area (Å²) in [4.78, 5) is 2.41. The first-order chi connectivity index (χ1) is 16.9. The Morgan fingerprint density at radius 3 is 2.34 bits per heavy atom. The highest BCUT2D eigenvalue weighted by atomic mass is 35.5. The number of hydrogen-bond acceptors (Lipinski definition) is 5. The van der Waals surface area contributed by atoms with Crippen LogP contribution in [0.25, 0.3) is 0 Å². The van der Waals surface area contributed by atoms with E-state index in [1.807, 2.05) is 24.3 Å². The van der Waals surface area contributed by atoms with E-state index in [-0.39, 0.29) is 16.0 Å². The van der Waals surface area contributed by atoms with E-state index in [9.17, 15) is 8.42 Å². The van der Waals surface area contributed by atoms with Crippen molar-refractivity contribution in [1.29, 1.82) is 0 Å². The van der Waals surface area contributed by atoms with Gasteiger partial charge in [0.25, 0.3) is 0 Å². The summed E-state index contributed by atoms with van der Waals surface area (Å²) in [7, 11) is -1.98. The summed E-state index contributed by atoms with van der Waals surface area (Å²) in [6.45, 7) is 5.22. The van der Waals surface area contributed by atoms with Crippen molar-refractivity contribution in [2.75, 3.05) is 39.8 Å². The van der Waals surface area contributed by atoms with E-state index in [0.29, 0.717) is 39.3 Å². The minimum Gasteiger partial charge on any atom is -0.497 e. The lowest BCUT2D eigenvalue weighted by atomic mass is 10.1. The molecule has 0 radical (unpaired) electrons. The molecular formula is C27H31ClN2O4S. The number of aryl methyl sites for hydroxylation is 1. The van der Waals surface area contributed by atoms with Crippen LogP contribution >= 0.6 is 11.6 Å². The number of methoxy groups -OCH3 is 1. The Morgan fingerprint density at radius 2 is 1.66 bits per heavy atom. The van der Waals surface area contributed by atoms with Gasteiger partial charge in [-0.1, -0.05) is 65.7 Å². The van der Waals surface area contributed by atoms with Gasteiger partial charge in [-0.25, -0.2) is 8.42 Å². The average molecular weight is 515 g/mol. The molecule has 0 bridgehead atoms. The predicted molar refractivity (Wildman–Crippen MR) is 138 cm³/mol. The van der Waals surface area contributed by atoms with Crippen molar-refractivity contribution in [3.05, 3.63) is 94.5 Å². The molecule has 1 fully saturated rings. The quantitative estimate of drug-likeness (QED) is 0.405. The van der Waals surface area contributed by atoms with Gasteiger partial charge < -0.3 is 9.47 Å². The van der Waals surface area contributed by atoms with Crippen LogP contribution in [0.3, 0.4) is 0 Å². The van der Waals surface area contributed by atoms with E-state index >= 15 is 0 Å². The zero-order chi connectivity index (χ0) is 24.8. The molecule has 1 atom stereocenters. The smallest absolute Gasteiger partial charge is 0.244 e. The molecule has 1 aliphatic rings. The predicted octanol–water partition coefficient (Wildman–Crippen LogP) is 4.92. The second-order valence-corrected chi connectivity index (χ2v) is 11.0. The van der Waals surface area contributed by atoms with Gasteiger partial charge in [0.2, 0.25) is 10.0 Å². The normalized spacial score (nSPS) is 16.2. The molecule has 4 rings (SSSR count). The van der Waals surface area contributed by atoms with Crippen LogP contribution in [0, 0.1) is 6.92 Å². The summed E-state index contributed by atoms with van der Waals surface area (Å²) in [6.07, 6.45) is -0.182. The molecule has 6 nitrogen and oxygen atoms in total. The second-order valence-electron chi connectivity index (χ2n) is 8.70. The van der Waals surface area contributed by atoms with Crippen molar-refractivity contribution in [3.63, 3.8) is 0 Å². The molecular weight excluding hydrogens is 484 g/mol. The molecule has 1 heterocycles. The number of sulfonamides is 1. The van der Waals surface area contributed by atoms with E-state index in [1.54, 1.807) is 31.4 Å². The summed E-state index contributed by atoms with van der Waals surface area (Å²) >= 11 is 6.17. The molecule has 8 heteroatoms. The maximum absolute atomic E-state index is 13.1. The molecule has 0 spiro atoms. The largest absolute Gasteiger partial charge is 0.497 e. The summed E-state index contributed by atoms with van der Waals surface area (Å²) < 4.78 is 39.5. The van der Waals surface area contributed by atoms with Crippen LogP contribution in [0.5, 0.6) is 5.75 Å². The number of halogens is 1. The molecule has 186 valence electrons. The highest BCUT2D eigenvalue weighted by molar-refractivity contribution is 7.89. The zero-order valence-electron chi connectivity index (χ0n) is 20.1. The Balaban J connectivity index is 1.44. The van der Waals surface area contributed by atoms with Gasteiger partial charge in [-0.3, -0.25) is 4.90 Å². The van der Waals surface area contributed by atoms with Gasteiger partial charge in [-0.05, 0) is 42.3 Å². The molecule has 3 aromatic rings. The van der Waals surface area contributed by atoms with Crippen LogP contribution in [0.2, 0.25) is 5.02 Å². The molecule has 3 aromatic carbocycles. The standard InChI is InChI=1S/C27H31ClN2O4S/c1-21-10-12-22(13-11-21)20-34-26(23-6-5-7-24(18-23)33-2)19-29-14-16-30(17-15-29)35(31,32)27-9-4-3-8-25(27)28/h3-13,18,26H,14-17,19-20H2,1-2H3/t26-/m1/s1. The number of ether oxygens (including phenoxy) is 2. The number of nitrogens with zero attached hydrogens (tertiary/aromatic N) is 2. The van der Waals surface area contributed by atoms with Crippen molar-refractivity contribution >= 4 is 21.6 Å². The van der Waals surface area contributed by atoms with Crippen molar-refractivity contribution in [2.45, 2.75) is 24.5 Å². The van der Waals surface area contributed by atoms with Gasteiger partial charge in [0.05, 0.1) is 24.8 Å². The first-order valence-corrected chi connectivity index (χ1v) is 13.5. The summed E-state index contributed by atoms with van der Waals surface area (Å²) in [5.41, 5.74) is 3.35. The van der Waals surface area contributed by atoms with Crippen LogP contribution < -0.4 is 4.74 Å². The van der Waals surface area contributed by atoms with Crippen molar-refractivity contribution < 1.29 is 17.9 Å². The fraction of sp³-hybridized carbons (Fsp3) is 0.333. The minimum atomic E-state index is -3.63. The van der Waals surface area contributed by atoms with Crippen LogP contribution in [0.1, 0.15) is 22.8 Å². The van der Waals surface area contributed by atoms with Crippen LogP contribution in [0.4, 0.5) is 0 Å². The maximum atomic E-state index is 13.1. The second kappa shape index (κ2) is 11.5. The highest BCUT2D eigenvalue weighted by Crippen LogP contribution is 2.27. The van der Waals surface area contributed by atoms with Crippen molar-refractivity contribution in [1.82, 2.24) is 9.21 Å². The monoisotopic (exact) mass is 514 g/mol. The Labute approximate surface area is 213 Å². The summed E-state index contributed by atoms with van der Waals surface area (Å²) in [5, 5.41) is 0.248. The van der Waals surface area contributed by atoms with Gasteiger partial charge >= 0.3 is 0 Å². The molecule has 0 amide bonds. The molecule has 0 aliphatic carbocycles. The van der Waals surface area contributed by atoms with Crippen molar-refractivity contribution in [2.24, 2.45) is 0 Å². The van der Waals surface area contributed by atoms with E-state index in [0.717, 1.165) is 16.9 Å². The molecule has 1 aliphatic heterocycles. The van der Waals surface area contributed by atoms with E-state index in [2.05, 4.69) is 36.1 Å². The Morgan fingerprint density at radius 1 is 0.943 bits per heavy atom. The van der Waals surface area contributed by atoms with Gasteiger partial charge in [-0.2, -0.15) is 4.31 Å². The SMILES string of the molecule is COc1cccc([C@@H](CN2CCN(S(=O)(=O)c3ccccc3Cl)CC2)OCc2ccc(C)cc2)c1. The Bertz CT molecular complexity index is 1230. The molecule has 0 aromatic heterocycles. The first-order valence-electron chi connectivity index (χ1n) is 11.6. The average Bonchev–Trinajstić information content (AvgIpc) is 2.88. The van der Waals surface area contributed by atoms with E-state index < -0.39 is 10.0 Å². The third-order valence-electron chi connectivity index (χ3n) is 6.25. The molecule has 0 N–H and O–H groups in total. The highest BCUT2D eigenvalue weighted by Gasteiger charge is 2.31. The molecule has 35 heavy (non-hydrogen) atoms. The molecule has 0 unspecified atom stereocenters. The van der Waals surface area contributed by atoms with Gasteiger partial charge in [0, 0.05) is 32.7 Å². The topological polar surface area (TPSA) is 59.1 Å². The fourth-order valence-electron chi connectivity index (χ4n) is 4.16. The Hall–Kier alpha value is -2.42. The third-order valence-corrected chi connectivity index (χ3v) is 8.65. The lowest BCUT2D eigenvalue weighted by molar-refractivity contribution is 0.00763. The Kier molecular flexibility index (Phi) is 8.46. The van der Waals surface area contributed by atoms with Crippen LogP contribution in [-0.4, -0.2) is 57.5 Å². The van der Waals surface area contributed by atoms with E-state index in [1.165, 1.54) is 9.87 Å². The fourth-order valence-corrected chi connectivity index (χ4v) is 6.07. The number of benzene rings is 3. The zero-order valence-corrected chi connectivity index (χ0v) is 21.6. The third kappa shape index (κ3) is 6.42. The van der Waals surface area contributed by atoms with Gasteiger partial charge in [0.15, 0.2) is 0 Å². The summed E-state index contributed by atoms with van der Waals surface area (Å²) in [6, 6.07) is 22.8. The van der Waals surface area contributed by atoms with Crippen molar-refractivity contribution in [3.8, 4) is 5.75 Å². The molecule has 1 saturated heterocycles. The van der Waals surface area contributed by atoms with Gasteiger partial charge in [0.1, 0.15) is 10.6 Å². The minimum absolute atomic E-state index is 0.158. The lowest BCUT2D eigenvalue weighted by Crippen LogP contribution is -2.49. The maximum Gasteiger partial charge on any atom is 0.244 e.